The molecule has 0 unspecified atom stereocenters. The van der Waals surface area contributed by atoms with Gasteiger partial charge in [0, 0.05) is 11.8 Å². The molecule has 1 N–H and O–H groups in total. The number of halogens is 1. The summed E-state index contributed by atoms with van der Waals surface area (Å²) in [4.78, 5) is 24.3. The molecule has 66 valence electrons. The average Bonchev–Trinajstić information content (AvgIpc) is 2.17. The van der Waals surface area contributed by atoms with Crippen LogP contribution in [0, 0.1) is 11.3 Å². The lowest BCUT2D eigenvalue weighted by molar-refractivity contribution is 0.102. The molecule has 13 heavy (non-hydrogen) atoms. The second-order valence-corrected chi connectivity index (χ2v) is 2.86. The van der Waals surface area contributed by atoms with E-state index in [0.29, 0.717) is 5.56 Å². The summed E-state index contributed by atoms with van der Waals surface area (Å²) in [6.45, 7) is 0. The molecule has 0 spiro atoms. The van der Waals surface area contributed by atoms with E-state index >= 15 is 0 Å². The number of rotatable bonds is 2. The van der Waals surface area contributed by atoms with Crippen LogP contribution in [0.3, 0.4) is 0 Å². The van der Waals surface area contributed by atoms with Crippen molar-refractivity contribution in [3.63, 3.8) is 0 Å². The maximum atomic E-state index is 11.1. The number of hydrogen-bond donors (Lipinski definition) is 1. The van der Waals surface area contributed by atoms with Gasteiger partial charge in [0.2, 0.25) is 0 Å². The molecule has 0 aliphatic carbocycles. The summed E-state index contributed by atoms with van der Waals surface area (Å²) in [6, 6.07) is 2.98. The van der Waals surface area contributed by atoms with Gasteiger partial charge >= 0.3 is 0 Å². The number of hydrogen-bond acceptors (Lipinski definition) is 3. The van der Waals surface area contributed by atoms with Crippen LogP contribution in [0.4, 0.5) is 0 Å². The summed E-state index contributed by atoms with van der Waals surface area (Å²) >= 11 is 2.99. The molecule has 4 nitrogen and oxygen atoms in total. The first-order valence-corrected chi connectivity index (χ1v) is 4.53. The van der Waals surface area contributed by atoms with Crippen LogP contribution in [-0.4, -0.2) is 16.1 Å². The van der Waals surface area contributed by atoms with E-state index in [1.54, 1.807) is 6.07 Å². The Labute approximate surface area is 82.3 Å². The number of alkyl halides is 1. The number of Topliss-reactive ketones (excluding diaryl/α,β-unsaturated/α-hetero) is 1. The first-order valence-electron chi connectivity index (χ1n) is 3.41. The predicted octanol–water partition coefficient (Wildman–Crippen LogP) is 0.824. The quantitative estimate of drug-likeness (QED) is 0.615. The minimum absolute atomic E-state index is 0.0493. The lowest BCUT2D eigenvalue weighted by Crippen LogP contribution is -2.12. The van der Waals surface area contributed by atoms with Crippen molar-refractivity contribution in [2.75, 3.05) is 5.33 Å². The summed E-state index contributed by atoms with van der Waals surface area (Å²) in [5.41, 5.74) is -0.201. The molecular weight excluding hydrogens is 236 g/mol. The van der Waals surface area contributed by atoms with Crippen molar-refractivity contribution < 1.29 is 4.79 Å². The van der Waals surface area contributed by atoms with Crippen molar-refractivity contribution in [2.45, 2.75) is 0 Å². The van der Waals surface area contributed by atoms with E-state index in [0.717, 1.165) is 0 Å². The molecule has 1 aromatic rings. The molecule has 1 rings (SSSR count). The summed E-state index contributed by atoms with van der Waals surface area (Å²) < 4.78 is 0. The Kier molecular flexibility index (Phi) is 2.98. The van der Waals surface area contributed by atoms with Crippen molar-refractivity contribution in [3.05, 3.63) is 33.7 Å². The molecule has 0 saturated heterocycles. The smallest absolute Gasteiger partial charge is 0.265 e. The van der Waals surface area contributed by atoms with Crippen molar-refractivity contribution in [2.24, 2.45) is 0 Å². The van der Waals surface area contributed by atoms with Crippen LogP contribution in [0.25, 0.3) is 0 Å². The van der Waals surface area contributed by atoms with Gasteiger partial charge in [-0.05, 0) is 6.07 Å². The minimum Gasteiger partial charge on any atom is -0.327 e. The average molecular weight is 241 g/mol. The zero-order valence-corrected chi connectivity index (χ0v) is 8.09. The van der Waals surface area contributed by atoms with Crippen LogP contribution >= 0.6 is 15.9 Å². The van der Waals surface area contributed by atoms with Gasteiger partial charge in [0.1, 0.15) is 11.6 Å². The molecule has 0 aromatic carbocycles. The number of H-pyrrole nitrogens is 1. The second kappa shape index (κ2) is 4.01. The van der Waals surface area contributed by atoms with E-state index in [4.69, 9.17) is 5.26 Å². The van der Waals surface area contributed by atoms with E-state index < -0.39 is 5.56 Å². The van der Waals surface area contributed by atoms with Crippen molar-refractivity contribution in [3.8, 4) is 6.07 Å². The van der Waals surface area contributed by atoms with Crippen LogP contribution in [0.15, 0.2) is 17.1 Å². The topological polar surface area (TPSA) is 73.7 Å². The standard InChI is InChI=1S/C8H5BrN2O2/c9-2-7(12)6-1-5(3-10)8(13)11-4-6/h1,4H,2H2,(H,11,13). The molecular formula is C8H5BrN2O2. The summed E-state index contributed by atoms with van der Waals surface area (Å²) in [7, 11) is 0. The third kappa shape index (κ3) is 2.04. The highest BCUT2D eigenvalue weighted by atomic mass is 79.9. The number of nitrogens with one attached hydrogen (secondary N) is 1. The number of aromatic amines is 1. The van der Waals surface area contributed by atoms with E-state index in [1.807, 2.05) is 0 Å². The van der Waals surface area contributed by atoms with Crippen LogP contribution in [0.5, 0.6) is 0 Å². The number of carbonyl (C=O) groups is 1. The van der Waals surface area contributed by atoms with Gasteiger partial charge in [0.15, 0.2) is 5.78 Å². The summed E-state index contributed by atoms with van der Waals surface area (Å²) in [5.74, 6) is -0.173. The molecule has 0 saturated carbocycles. The SMILES string of the molecule is N#Cc1cc(C(=O)CBr)c[nH]c1=O. The minimum atomic E-state index is -0.478. The molecule has 0 bridgehead atoms. The van der Waals surface area contributed by atoms with Gasteiger partial charge in [0.05, 0.1) is 5.33 Å². The molecule has 0 aliphatic heterocycles. The fourth-order valence-corrected chi connectivity index (χ4v) is 1.13. The first-order chi connectivity index (χ1) is 6.19. The van der Waals surface area contributed by atoms with Crippen molar-refractivity contribution in [1.82, 2.24) is 4.98 Å². The van der Waals surface area contributed by atoms with Gasteiger partial charge in [-0.25, -0.2) is 0 Å². The third-order valence-electron chi connectivity index (χ3n) is 1.47. The van der Waals surface area contributed by atoms with Crippen LogP contribution in [0.1, 0.15) is 15.9 Å². The van der Waals surface area contributed by atoms with Gasteiger partial charge in [-0.1, -0.05) is 15.9 Å². The number of ketones is 1. The number of nitrogens with zero attached hydrogens (tertiary/aromatic N) is 1. The van der Waals surface area contributed by atoms with Crippen LogP contribution in [0.2, 0.25) is 0 Å². The molecule has 1 heterocycles. The molecule has 0 aliphatic rings. The van der Waals surface area contributed by atoms with Crippen LogP contribution < -0.4 is 5.56 Å². The predicted molar refractivity (Wildman–Crippen MR) is 49.9 cm³/mol. The Morgan fingerprint density at radius 1 is 1.69 bits per heavy atom. The molecule has 0 fully saturated rings. The fraction of sp³-hybridized carbons (Fsp3) is 0.125. The highest BCUT2D eigenvalue weighted by molar-refractivity contribution is 9.09. The van der Waals surface area contributed by atoms with Gasteiger partial charge in [0.25, 0.3) is 5.56 Å². The maximum absolute atomic E-state index is 11.1. The van der Waals surface area contributed by atoms with Gasteiger partial charge < -0.3 is 4.98 Å². The van der Waals surface area contributed by atoms with E-state index in [9.17, 15) is 9.59 Å². The summed E-state index contributed by atoms with van der Waals surface area (Å²) in [5, 5.41) is 8.67. The number of nitriles is 1. The van der Waals surface area contributed by atoms with Gasteiger partial charge in [-0.3, -0.25) is 9.59 Å². The fourth-order valence-electron chi connectivity index (χ4n) is 0.805. The highest BCUT2D eigenvalue weighted by Crippen LogP contribution is 2.01. The summed E-state index contributed by atoms with van der Waals surface area (Å²) in [6.07, 6.45) is 1.30. The molecule has 0 amide bonds. The highest BCUT2D eigenvalue weighted by Gasteiger charge is 2.06. The third-order valence-corrected chi connectivity index (χ3v) is 1.98. The first kappa shape index (κ1) is 9.68. The molecule has 0 radical (unpaired) electrons. The van der Waals surface area contributed by atoms with Gasteiger partial charge in [-0.15, -0.1) is 0 Å². The lowest BCUT2D eigenvalue weighted by Gasteiger charge is -1.95. The molecule has 0 atom stereocenters. The van der Waals surface area contributed by atoms with Crippen molar-refractivity contribution >= 4 is 21.7 Å². The zero-order valence-electron chi connectivity index (χ0n) is 6.50. The van der Waals surface area contributed by atoms with Crippen LogP contribution in [-0.2, 0) is 0 Å². The Balaban J connectivity index is 3.23. The second-order valence-electron chi connectivity index (χ2n) is 2.30. The van der Waals surface area contributed by atoms with E-state index in [1.165, 1.54) is 12.3 Å². The Morgan fingerprint density at radius 2 is 2.38 bits per heavy atom. The molecule has 1 aromatic heterocycles. The van der Waals surface area contributed by atoms with E-state index in [-0.39, 0.29) is 16.7 Å². The maximum Gasteiger partial charge on any atom is 0.265 e. The zero-order chi connectivity index (χ0) is 9.84. The monoisotopic (exact) mass is 240 g/mol. The number of pyridine rings is 1. The Hall–Kier alpha value is -1.41. The lowest BCUT2D eigenvalue weighted by atomic mass is 10.1. The Bertz CT molecular complexity index is 431. The van der Waals surface area contributed by atoms with Crippen molar-refractivity contribution in [1.29, 1.82) is 5.26 Å². The van der Waals surface area contributed by atoms with Gasteiger partial charge in [-0.2, -0.15) is 5.26 Å². The Morgan fingerprint density at radius 3 is 2.92 bits per heavy atom. The molecule has 5 heteroatoms. The number of aromatic nitrogens is 1. The normalized spacial score (nSPS) is 9.23. The number of carbonyl (C=O) groups excluding carboxylic acids is 1. The van der Waals surface area contributed by atoms with E-state index in [2.05, 4.69) is 20.9 Å². The largest absolute Gasteiger partial charge is 0.327 e.